The van der Waals surface area contributed by atoms with Crippen LogP contribution in [0.3, 0.4) is 0 Å². The number of carboxylic acid groups (broad SMARTS) is 1. The lowest BCUT2D eigenvalue weighted by atomic mass is 9.99. The number of carbonyl (C=O) groups excluding carboxylic acids is 1. The maximum atomic E-state index is 12.1. The van der Waals surface area contributed by atoms with Crippen molar-refractivity contribution in [3.63, 3.8) is 0 Å². The van der Waals surface area contributed by atoms with Gasteiger partial charge in [-0.15, -0.1) is 0 Å². The first-order valence-corrected chi connectivity index (χ1v) is 8.02. The zero-order valence-electron chi connectivity index (χ0n) is 14.0. The van der Waals surface area contributed by atoms with E-state index >= 15 is 0 Å². The summed E-state index contributed by atoms with van der Waals surface area (Å²) in [5.74, 6) is -1.11. The third-order valence-corrected chi connectivity index (χ3v) is 4.07. The lowest BCUT2D eigenvalue weighted by Crippen LogP contribution is -2.30. The molecule has 2 N–H and O–H groups in total. The Labute approximate surface area is 141 Å². The Morgan fingerprint density at radius 3 is 2.54 bits per heavy atom. The summed E-state index contributed by atoms with van der Waals surface area (Å²) in [7, 11) is 1.60. The first-order chi connectivity index (χ1) is 11.5. The van der Waals surface area contributed by atoms with E-state index in [4.69, 9.17) is 9.84 Å². The summed E-state index contributed by atoms with van der Waals surface area (Å²) in [4.78, 5) is 23.3. The summed E-state index contributed by atoms with van der Waals surface area (Å²) < 4.78 is 5.13. The minimum atomic E-state index is -0.946. The molecule has 2 atom stereocenters. The molecule has 0 aliphatic heterocycles. The molecule has 2 aromatic rings. The Balaban J connectivity index is 2.14. The van der Waals surface area contributed by atoms with Gasteiger partial charge in [-0.3, -0.25) is 9.59 Å². The first-order valence-electron chi connectivity index (χ1n) is 8.02. The molecule has 1 amide bonds. The average Bonchev–Trinajstić information content (AvgIpc) is 2.58. The quantitative estimate of drug-likeness (QED) is 0.779. The van der Waals surface area contributed by atoms with Gasteiger partial charge in [0.1, 0.15) is 0 Å². The molecule has 0 heterocycles. The number of methoxy groups -OCH3 is 1. The number of hydrogen-bond acceptors (Lipinski definition) is 3. The summed E-state index contributed by atoms with van der Waals surface area (Å²) in [6, 6.07) is 13.1. The second-order valence-corrected chi connectivity index (χ2v) is 5.91. The standard InChI is InChI=1S/C19H23NO4/c1-13(24-2)7-10-18(21)20-17(12-19(22)23)16-9-8-14-5-3-4-6-15(14)11-16/h3-6,8-9,11,13,17H,7,10,12H2,1-2H3,(H,20,21)(H,22,23)/t13?,17-/m0/s1. The first kappa shape index (κ1) is 17.9. The fraction of sp³-hybridized carbons (Fsp3) is 0.368. The van der Waals surface area contributed by atoms with Crippen LogP contribution in [-0.2, 0) is 14.3 Å². The van der Waals surface area contributed by atoms with Gasteiger partial charge in [-0.25, -0.2) is 0 Å². The smallest absolute Gasteiger partial charge is 0.305 e. The summed E-state index contributed by atoms with van der Waals surface area (Å²) >= 11 is 0. The molecule has 0 aliphatic rings. The van der Waals surface area contributed by atoms with Crippen molar-refractivity contribution in [2.45, 2.75) is 38.3 Å². The molecule has 5 heteroatoms. The summed E-state index contributed by atoms with van der Waals surface area (Å²) in [5.41, 5.74) is 0.796. The van der Waals surface area contributed by atoms with Gasteiger partial charge in [-0.1, -0.05) is 36.4 Å². The molecule has 0 fully saturated rings. The van der Waals surface area contributed by atoms with Gasteiger partial charge in [-0.05, 0) is 35.7 Å². The SMILES string of the molecule is COC(C)CCC(=O)N[C@@H](CC(=O)O)c1ccc2ccccc2c1. The molecular formula is C19H23NO4. The van der Waals surface area contributed by atoms with Crippen LogP contribution in [0.4, 0.5) is 0 Å². The van der Waals surface area contributed by atoms with E-state index in [0.717, 1.165) is 16.3 Å². The monoisotopic (exact) mass is 329 g/mol. The van der Waals surface area contributed by atoms with E-state index in [9.17, 15) is 9.59 Å². The van der Waals surface area contributed by atoms with E-state index in [-0.39, 0.29) is 18.4 Å². The van der Waals surface area contributed by atoms with Crippen molar-refractivity contribution in [3.05, 3.63) is 48.0 Å². The number of hydrogen-bond donors (Lipinski definition) is 2. The Hall–Kier alpha value is -2.40. The highest BCUT2D eigenvalue weighted by Crippen LogP contribution is 2.23. The van der Waals surface area contributed by atoms with Crippen molar-refractivity contribution in [2.75, 3.05) is 7.11 Å². The summed E-state index contributed by atoms with van der Waals surface area (Å²) in [6.45, 7) is 1.89. The number of carbonyl (C=O) groups is 2. The largest absolute Gasteiger partial charge is 0.481 e. The zero-order chi connectivity index (χ0) is 17.5. The van der Waals surface area contributed by atoms with Gasteiger partial charge in [0.05, 0.1) is 18.6 Å². The molecule has 0 aliphatic carbocycles. The van der Waals surface area contributed by atoms with Crippen LogP contribution in [0.2, 0.25) is 0 Å². The van der Waals surface area contributed by atoms with Crippen molar-refractivity contribution < 1.29 is 19.4 Å². The van der Waals surface area contributed by atoms with E-state index < -0.39 is 12.0 Å². The maximum absolute atomic E-state index is 12.1. The minimum absolute atomic E-state index is 0.00524. The van der Waals surface area contributed by atoms with Crippen molar-refractivity contribution in [1.82, 2.24) is 5.32 Å². The van der Waals surface area contributed by atoms with Crippen LogP contribution in [0.5, 0.6) is 0 Å². The van der Waals surface area contributed by atoms with Gasteiger partial charge >= 0.3 is 5.97 Å². The third-order valence-electron chi connectivity index (χ3n) is 4.07. The molecule has 24 heavy (non-hydrogen) atoms. The third kappa shape index (κ3) is 5.06. The molecule has 5 nitrogen and oxygen atoms in total. The molecule has 0 spiro atoms. The van der Waals surface area contributed by atoms with E-state index in [2.05, 4.69) is 5.32 Å². The van der Waals surface area contributed by atoms with E-state index in [1.54, 1.807) is 7.11 Å². The van der Waals surface area contributed by atoms with E-state index in [1.807, 2.05) is 49.4 Å². The average molecular weight is 329 g/mol. The highest BCUT2D eigenvalue weighted by Gasteiger charge is 2.18. The normalized spacial score (nSPS) is 13.4. The van der Waals surface area contributed by atoms with Gasteiger partial charge in [0.15, 0.2) is 0 Å². The molecule has 128 valence electrons. The number of fused-ring (bicyclic) bond motifs is 1. The topological polar surface area (TPSA) is 75.6 Å². The summed E-state index contributed by atoms with van der Waals surface area (Å²) in [5, 5.41) is 14.1. The van der Waals surface area contributed by atoms with E-state index in [0.29, 0.717) is 12.8 Å². The van der Waals surface area contributed by atoms with Crippen molar-refractivity contribution >= 4 is 22.6 Å². The van der Waals surface area contributed by atoms with Crippen LogP contribution in [0.15, 0.2) is 42.5 Å². The molecule has 0 bridgehead atoms. The molecular weight excluding hydrogens is 306 g/mol. The molecule has 2 rings (SSSR count). The van der Waals surface area contributed by atoms with Gasteiger partial charge < -0.3 is 15.2 Å². The van der Waals surface area contributed by atoms with Crippen LogP contribution < -0.4 is 5.32 Å². The number of nitrogens with one attached hydrogen (secondary N) is 1. The van der Waals surface area contributed by atoms with Crippen molar-refractivity contribution in [1.29, 1.82) is 0 Å². The van der Waals surface area contributed by atoms with Gasteiger partial charge in [-0.2, -0.15) is 0 Å². The number of aliphatic carboxylic acids is 1. The number of amides is 1. The van der Waals surface area contributed by atoms with Gasteiger partial charge in [0.25, 0.3) is 0 Å². The lowest BCUT2D eigenvalue weighted by Gasteiger charge is -2.19. The van der Waals surface area contributed by atoms with Crippen LogP contribution in [0.1, 0.15) is 37.8 Å². The fourth-order valence-corrected chi connectivity index (χ4v) is 2.57. The second kappa shape index (κ2) is 8.45. The predicted molar refractivity (Wildman–Crippen MR) is 92.8 cm³/mol. The Kier molecular flexibility index (Phi) is 6.32. The van der Waals surface area contributed by atoms with Gasteiger partial charge in [0, 0.05) is 13.5 Å². The predicted octanol–water partition coefficient (Wildman–Crippen LogP) is 3.29. The molecule has 0 saturated carbocycles. The molecule has 2 aromatic carbocycles. The van der Waals surface area contributed by atoms with Crippen molar-refractivity contribution in [3.8, 4) is 0 Å². The van der Waals surface area contributed by atoms with E-state index in [1.165, 1.54) is 0 Å². The zero-order valence-corrected chi connectivity index (χ0v) is 14.0. The number of carboxylic acids is 1. The lowest BCUT2D eigenvalue weighted by molar-refractivity contribution is -0.137. The number of rotatable bonds is 8. The second-order valence-electron chi connectivity index (χ2n) is 5.91. The maximum Gasteiger partial charge on any atom is 0.305 e. The molecule has 1 unspecified atom stereocenters. The Bertz CT molecular complexity index is 713. The number of benzene rings is 2. The Morgan fingerprint density at radius 1 is 1.17 bits per heavy atom. The Morgan fingerprint density at radius 2 is 1.88 bits per heavy atom. The number of ether oxygens (including phenoxy) is 1. The van der Waals surface area contributed by atoms with Crippen LogP contribution in [0, 0.1) is 0 Å². The van der Waals surface area contributed by atoms with Crippen LogP contribution in [-0.4, -0.2) is 30.2 Å². The van der Waals surface area contributed by atoms with Gasteiger partial charge in [0.2, 0.25) is 5.91 Å². The highest BCUT2D eigenvalue weighted by molar-refractivity contribution is 5.84. The highest BCUT2D eigenvalue weighted by atomic mass is 16.5. The van der Waals surface area contributed by atoms with Crippen LogP contribution >= 0.6 is 0 Å². The molecule has 0 saturated heterocycles. The minimum Gasteiger partial charge on any atom is -0.481 e. The molecule has 0 aromatic heterocycles. The van der Waals surface area contributed by atoms with Crippen molar-refractivity contribution in [2.24, 2.45) is 0 Å². The van der Waals surface area contributed by atoms with Crippen LogP contribution in [0.25, 0.3) is 10.8 Å². The fourth-order valence-electron chi connectivity index (χ4n) is 2.57. The molecule has 0 radical (unpaired) electrons. The summed E-state index contributed by atoms with van der Waals surface area (Å²) in [6.07, 6.45) is 0.747.